The Bertz CT molecular complexity index is 1250. The summed E-state index contributed by atoms with van der Waals surface area (Å²) in [5.41, 5.74) is 4.58. The van der Waals surface area contributed by atoms with Gasteiger partial charge in [0.25, 0.3) is 5.56 Å². The number of rotatable bonds is 3. The summed E-state index contributed by atoms with van der Waals surface area (Å²) in [6, 6.07) is 15.7. The lowest BCUT2D eigenvalue weighted by atomic mass is 10.1. The average molecular weight is 357 g/mol. The largest absolute Gasteiger partial charge is 0.338 e. The highest BCUT2D eigenvalue weighted by Gasteiger charge is 2.18. The zero-order chi connectivity index (χ0) is 18.4. The molecule has 0 fully saturated rings. The van der Waals surface area contributed by atoms with Gasteiger partial charge in [0.15, 0.2) is 0 Å². The van der Waals surface area contributed by atoms with Crippen LogP contribution >= 0.6 is 0 Å². The van der Waals surface area contributed by atoms with Crippen LogP contribution in [0, 0.1) is 0 Å². The van der Waals surface area contributed by atoms with Crippen LogP contribution in [0.25, 0.3) is 21.8 Å². The Balaban J connectivity index is 1.42. The summed E-state index contributed by atoms with van der Waals surface area (Å²) >= 11 is 0. The molecule has 5 heteroatoms. The molecule has 1 aliphatic rings. The molecule has 27 heavy (non-hydrogen) atoms. The van der Waals surface area contributed by atoms with Crippen LogP contribution in [0.3, 0.4) is 0 Å². The molecule has 2 aromatic carbocycles. The Morgan fingerprint density at radius 2 is 1.93 bits per heavy atom. The van der Waals surface area contributed by atoms with Gasteiger partial charge in [-0.1, -0.05) is 24.3 Å². The highest BCUT2D eigenvalue weighted by molar-refractivity contribution is 5.95. The van der Waals surface area contributed by atoms with E-state index in [4.69, 9.17) is 0 Å². The molecule has 1 aliphatic carbocycles. The fraction of sp³-hybridized carbons (Fsp3) is 0.182. The van der Waals surface area contributed by atoms with E-state index in [0.29, 0.717) is 5.69 Å². The van der Waals surface area contributed by atoms with E-state index >= 15 is 0 Å². The molecule has 4 aromatic rings. The van der Waals surface area contributed by atoms with Gasteiger partial charge in [-0.05, 0) is 54.5 Å². The van der Waals surface area contributed by atoms with Crippen LogP contribution in [0.4, 0.5) is 5.69 Å². The monoisotopic (exact) mass is 357 g/mol. The number of para-hydroxylation sites is 1. The first-order valence-corrected chi connectivity index (χ1v) is 9.20. The number of hydrogen-bond acceptors (Lipinski definition) is 2. The number of H-pyrrole nitrogens is 1. The van der Waals surface area contributed by atoms with Crippen molar-refractivity contribution < 1.29 is 4.79 Å². The first-order valence-electron chi connectivity index (χ1n) is 9.20. The molecule has 2 heterocycles. The number of fused-ring (bicyclic) bond motifs is 4. The average Bonchev–Trinajstić information content (AvgIpc) is 3.30. The molecule has 0 radical (unpaired) electrons. The lowest BCUT2D eigenvalue weighted by molar-refractivity contribution is -0.116. The number of benzene rings is 2. The number of hydrogen-bond donors (Lipinski definition) is 2. The maximum atomic E-state index is 12.5. The summed E-state index contributed by atoms with van der Waals surface area (Å²) in [6.45, 7) is 0.242. The molecule has 0 saturated heterocycles. The van der Waals surface area contributed by atoms with Crippen LogP contribution in [0.2, 0.25) is 0 Å². The minimum atomic E-state index is -0.0980. The second-order valence-electron chi connectivity index (χ2n) is 7.08. The van der Waals surface area contributed by atoms with E-state index in [-0.39, 0.29) is 18.0 Å². The molecule has 1 amide bonds. The Kier molecular flexibility index (Phi) is 3.60. The highest BCUT2D eigenvalue weighted by Crippen LogP contribution is 2.27. The molecule has 2 aromatic heterocycles. The van der Waals surface area contributed by atoms with Crippen molar-refractivity contribution in [1.82, 2.24) is 9.55 Å². The van der Waals surface area contributed by atoms with E-state index in [2.05, 4.69) is 10.3 Å². The third kappa shape index (κ3) is 2.72. The van der Waals surface area contributed by atoms with Crippen molar-refractivity contribution in [2.75, 3.05) is 5.32 Å². The van der Waals surface area contributed by atoms with Gasteiger partial charge in [0, 0.05) is 28.4 Å². The van der Waals surface area contributed by atoms with Crippen molar-refractivity contribution in [3.63, 3.8) is 0 Å². The van der Waals surface area contributed by atoms with Gasteiger partial charge >= 0.3 is 0 Å². The Labute approximate surface area is 155 Å². The number of aromatic amines is 1. The first-order chi connectivity index (χ1) is 13.2. The number of anilines is 1. The third-order valence-electron chi connectivity index (χ3n) is 5.36. The molecule has 0 spiro atoms. The van der Waals surface area contributed by atoms with E-state index in [1.165, 1.54) is 0 Å². The smallest absolute Gasteiger partial charge is 0.251 e. The second-order valence-corrected chi connectivity index (χ2v) is 7.08. The van der Waals surface area contributed by atoms with Gasteiger partial charge in [-0.2, -0.15) is 0 Å². The van der Waals surface area contributed by atoms with E-state index in [1.807, 2.05) is 59.3 Å². The lowest BCUT2D eigenvalue weighted by Gasteiger charge is -2.10. The fourth-order valence-corrected chi connectivity index (χ4v) is 4.11. The lowest BCUT2D eigenvalue weighted by Crippen LogP contribution is -2.18. The molecule has 0 unspecified atom stereocenters. The van der Waals surface area contributed by atoms with Gasteiger partial charge in [-0.15, -0.1) is 0 Å². The van der Waals surface area contributed by atoms with Crippen LogP contribution in [-0.2, 0) is 24.2 Å². The summed E-state index contributed by atoms with van der Waals surface area (Å²) in [5, 5.41) is 5.14. The van der Waals surface area contributed by atoms with Crippen LogP contribution in [-0.4, -0.2) is 15.5 Å². The molecular formula is C22H19N3O2. The Hall–Kier alpha value is -3.34. The van der Waals surface area contributed by atoms with Crippen LogP contribution in [0.15, 0.2) is 59.5 Å². The number of amides is 1. The van der Waals surface area contributed by atoms with Gasteiger partial charge < -0.3 is 14.9 Å². The normalized spacial score (nSPS) is 13.2. The molecule has 0 bridgehead atoms. The van der Waals surface area contributed by atoms with Crippen molar-refractivity contribution in [1.29, 1.82) is 0 Å². The molecule has 5 rings (SSSR count). The predicted molar refractivity (Wildman–Crippen MR) is 107 cm³/mol. The van der Waals surface area contributed by atoms with Gasteiger partial charge in [0.05, 0.1) is 5.52 Å². The van der Waals surface area contributed by atoms with E-state index in [1.54, 1.807) is 0 Å². The predicted octanol–water partition coefficient (Wildman–Crippen LogP) is 3.61. The van der Waals surface area contributed by atoms with Crippen LogP contribution < -0.4 is 10.9 Å². The molecule has 0 saturated carbocycles. The van der Waals surface area contributed by atoms with Crippen molar-refractivity contribution >= 4 is 33.4 Å². The molecule has 5 nitrogen and oxygen atoms in total. The number of nitrogens with one attached hydrogen (secondary N) is 2. The van der Waals surface area contributed by atoms with Crippen LogP contribution in [0.5, 0.6) is 0 Å². The van der Waals surface area contributed by atoms with Gasteiger partial charge in [-0.3, -0.25) is 9.59 Å². The highest BCUT2D eigenvalue weighted by atomic mass is 16.2. The van der Waals surface area contributed by atoms with Crippen LogP contribution in [0.1, 0.15) is 17.5 Å². The molecule has 0 atom stereocenters. The van der Waals surface area contributed by atoms with Crippen molar-refractivity contribution in [2.24, 2.45) is 0 Å². The number of aryl methyl sites for hydroxylation is 1. The second kappa shape index (κ2) is 6.13. The van der Waals surface area contributed by atoms with E-state index in [9.17, 15) is 9.59 Å². The Morgan fingerprint density at radius 3 is 2.85 bits per heavy atom. The summed E-state index contributed by atoms with van der Waals surface area (Å²) < 4.78 is 1.93. The maximum absolute atomic E-state index is 12.5. The fourth-order valence-electron chi connectivity index (χ4n) is 4.11. The van der Waals surface area contributed by atoms with Gasteiger partial charge in [0.2, 0.25) is 5.91 Å². The summed E-state index contributed by atoms with van der Waals surface area (Å²) in [4.78, 5) is 27.7. The minimum absolute atomic E-state index is 0.00251. The maximum Gasteiger partial charge on any atom is 0.251 e. The summed E-state index contributed by atoms with van der Waals surface area (Å²) in [7, 11) is 0. The summed E-state index contributed by atoms with van der Waals surface area (Å²) in [6.07, 6.45) is 4.75. The van der Waals surface area contributed by atoms with Gasteiger partial charge in [0.1, 0.15) is 6.54 Å². The quantitative estimate of drug-likeness (QED) is 0.588. The minimum Gasteiger partial charge on any atom is -0.338 e. The number of carbonyl (C=O) groups excluding carboxylic acids is 1. The molecule has 0 aliphatic heterocycles. The Morgan fingerprint density at radius 1 is 1.07 bits per heavy atom. The molecule has 2 N–H and O–H groups in total. The topological polar surface area (TPSA) is 66.9 Å². The number of carbonyl (C=O) groups is 1. The summed E-state index contributed by atoms with van der Waals surface area (Å²) in [5.74, 6) is -0.0980. The first kappa shape index (κ1) is 15.9. The standard InChI is InChI=1S/C22H19N3O2/c26-21(13-25-11-10-14-4-1-2-7-20(14)25)23-15-8-9-17-16-5-3-6-18(16)22(27)24-19(17)12-15/h1-2,4,7-12H,3,5-6,13H2,(H,23,26)(H,24,27). The molecule has 134 valence electrons. The third-order valence-corrected chi connectivity index (χ3v) is 5.36. The van der Waals surface area contributed by atoms with Crippen molar-refractivity contribution in [3.05, 3.63) is 76.2 Å². The van der Waals surface area contributed by atoms with Crippen molar-refractivity contribution in [3.8, 4) is 0 Å². The number of nitrogens with zero attached hydrogens (tertiary/aromatic N) is 1. The number of pyridine rings is 1. The zero-order valence-electron chi connectivity index (χ0n) is 14.8. The zero-order valence-corrected chi connectivity index (χ0v) is 14.8. The SMILES string of the molecule is O=C(Cn1ccc2ccccc21)Nc1ccc2c3c(c(=O)[nH]c2c1)CCC3. The molecular weight excluding hydrogens is 338 g/mol. The van der Waals surface area contributed by atoms with Crippen molar-refractivity contribution in [2.45, 2.75) is 25.8 Å². The van der Waals surface area contributed by atoms with E-state index < -0.39 is 0 Å². The van der Waals surface area contributed by atoms with Gasteiger partial charge in [-0.25, -0.2) is 0 Å². The number of aromatic nitrogens is 2. The van der Waals surface area contributed by atoms with E-state index in [0.717, 1.165) is 52.2 Å².